The van der Waals surface area contributed by atoms with Crippen LogP contribution in [-0.2, 0) is 22.6 Å². The standard InChI is InChI=1S/C30H33ClFN3O2/c31-26-8-6-24(7-9-26)21-33-14-12-25(13-15-33)30(36)35(22-23-4-2-1-3-5-23)27-10-11-29(28(32)20-27)34-16-18-37-19-17-34/h1-11,20,25H,12-19,21-22H2. The summed E-state index contributed by atoms with van der Waals surface area (Å²) in [6.45, 7) is 5.48. The van der Waals surface area contributed by atoms with E-state index in [4.69, 9.17) is 16.3 Å². The molecule has 5 rings (SSSR count). The highest BCUT2D eigenvalue weighted by Gasteiger charge is 2.30. The van der Waals surface area contributed by atoms with E-state index < -0.39 is 0 Å². The Morgan fingerprint density at radius 1 is 0.919 bits per heavy atom. The van der Waals surface area contributed by atoms with E-state index in [2.05, 4.69) is 17.0 Å². The van der Waals surface area contributed by atoms with Gasteiger partial charge in [0.15, 0.2) is 0 Å². The van der Waals surface area contributed by atoms with Gasteiger partial charge in [0, 0.05) is 36.3 Å². The summed E-state index contributed by atoms with van der Waals surface area (Å²) in [5, 5.41) is 0.737. The number of halogens is 2. The molecule has 0 aromatic heterocycles. The van der Waals surface area contributed by atoms with Crippen LogP contribution in [0.4, 0.5) is 15.8 Å². The molecule has 0 bridgehead atoms. The molecule has 2 saturated heterocycles. The smallest absolute Gasteiger partial charge is 0.230 e. The van der Waals surface area contributed by atoms with Gasteiger partial charge in [-0.3, -0.25) is 9.69 Å². The first-order valence-corrected chi connectivity index (χ1v) is 13.4. The number of hydrogen-bond acceptors (Lipinski definition) is 4. The predicted octanol–water partition coefficient (Wildman–Crippen LogP) is 5.76. The molecular formula is C30H33ClFN3O2. The van der Waals surface area contributed by atoms with E-state index in [1.54, 1.807) is 11.0 Å². The molecule has 7 heteroatoms. The highest BCUT2D eigenvalue weighted by atomic mass is 35.5. The molecule has 2 fully saturated rings. The Bertz CT molecular complexity index is 1180. The Labute approximate surface area is 223 Å². The zero-order valence-corrected chi connectivity index (χ0v) is 21.7. The average Bonchev–Trinajstić information content (AvgIpc) is 2.94. The van der Waals surface area contributed by atoms with Crippen molar-refractivity contribution in [3.63, 3.8) is 0 Å². The summed E-state index contributed by atoms with van der Waals surface area (Å²) in [7, 11) is 0. The molecule has 2 aliphatic heterocycles. The molecular weight excluding hydrogens is 489 g/mol. The monoisotopic (exact) mass is 521 g/mol. The molecule has 0 unspecified atom stereocenters. The van der Waals surface area contributed by atoms with Gasteiger partial charge in [0.05, 0.1) is 25.4 Å². The number of hydrogen-bond donors (Lipinski definition) is 0. The van der Waals surface area contributed by atoms with Crippen LogP contribution in [-0.4, -0.2) is 50.2 Å². The Hall–Kier alpha value is -2.93. The van der Waals surface area contributed by atoms with E-state index in [1.165, 1.54) is 11.6 Å². The van der Waals surface area contributed by atoms with Crippen molar-refractivity contribution in [3.8, 4) is 0 Å². The topological polar surface area (TPSA) is 36.0 Å². The SMILES string of the molecule is O=C(C1CCN(Cc2ccc(Cl)cc2)CC1)N(Cc1ccccc1)c1ccc(N2CCOCC2)c(F)c1. The Balaban J connectivity index is 1.30. The minimum atomic E-state index is -0.303. The van der Waals surface area contributed by atoms with E-state index in [0.717, 1.165) is 43.1 Å². The fourth-order valence-electron chi connectivity index (χ4n) is 5.19. The van der Waals surface area contributed by atoms with Crippen molar-refractivity contribution in [2.75, 3.05) is 49.2 Å². The number of likely N-dealkylation sites (tertiary alicyclic amines) is 1. The Morgan fingerprint density at radius 2 is 1.62 bits per heavy atom. The second kappa shape index (κ2) is 12.1. The minimum absolute atomic E-state index is 0.0634. The van der Waals surface area contributed by atoms with Crippen molar-refractivity contribution in [2.24, 2.45) is 5.92 Å². The number of morpholine rings is 1. The molecule has 37 heavy (non-hydrogen) atoms. The zero-order chi connectivity index (χ0) is 25.6. The van der Waals surface area contributed by atoms with Gasteiger partial charge in [0.2, 0.25) is 5.91 Å². The van der Waals surface area contributed by atoms with Crippen LogP contribution in [0.3, 0.4) is 0 Å². The van der Waals surface area contributed by atoms with Gasteiger partial charge in [0.25, 0.3) is 0 Å². The molecule has 0 spiro atoms. The van der Waals surface area contributed by atoms with Crippen molar-refractivity contribution in [1.29, 1.82) is 0 Å². The molecule has 0 saturated carbocycles. The molecule has 3 aromatic carbocycles. The second-order valence-electron chi connectivity index (χ2n) is 9.82. The van der Waals surface area contributed by atoms with Crippen molar-refractivity contribution in [1.82, 2.24) is 4.90 Å². The number of benzene rings is 3. The molecule has 0 atom stereocenters. The number of piperidine rings is 1. The third-order valence-corrected chi connectivity index (χ3v) is 7.55. The molecule has 0 aliphatic carbocycles. The molecule has 5 nitrogen and oxygen atoms in total. The number of carbonyl (C=O) groups is 1. The fraction of sp³-hybridized carbons (Fsp3) is 0.367. The highest BCUT2D eigenvalue weighted by molar-refractivity contribution is 6.30. The second-order valence-corrected chi connectivity index (χ2v) is 10.3. The molecule has 3 aromatic rings. The van der Waals surface area contributed by atoms with Gasteiger partial charge in [-0.25, -0.2) is 4.39 Å². The highest BCUT2D eigenvalue weighted by Crippen LogP contribution is 2.30. The van der Waals surface area contributed by atoms with E-state index >= 15 is 4.39 Å². The summed E-state index contributed by atoms with van der Waals surface area (Å²) < 4.78 is 20.7. The van der Waals surface area contributed by atoms with Crippen molar-refractivity contribution < 1.29 is 13.9 Å². The average molecular weight is 522 g/mol. The van der Waals surface area contributed by atoms with E-state index in [0.29, 0.717) is 44.2 Å². The zero-order valence-electron chi connectivity index (χ0n) is 21.0. The van der Waals surface area contributed by atoms with Crippen LogP contribution in [0, 0.1) is 11.7 Å². The molecule has 1 amide bonds. The number of rotatable bonds is 7. The summed E-state index contributed by atoms with van der Waals surface area (Å²) in [6.07, 6.45) is 1.57. The fourth-order valence-corrected chi connectivity index (χ4v) is 5.32. The lowest BCUT2D eigenvalue weighted by atomic mass is 9.94. The molecule has 194 valence electrons. The number of amides is 1. The number of ether oxygens (including phenoxy) is 1. The summed E-state index contributed by atoms with van der Waals surface area (Å²) in [6, 6.07) is 23.0. The summed E-state index contributed by atoms with van der Waals surface area (Å²) in [5.74, 6) is -0.330. The van der Waals surface area contributed by atoms with Crippen LogP contribution in [0.15, 0.2) is 72.8 Å². The molecule has 2 heterocycles. The first-order valence-electron chi connectivity index (χ1n) is 13.0. The van der Waals surface area contributed by atoms with Gasteiger partial charge < -0.3 is 14.5 Å². The van der Waals surface area contributed by atoms with Crippen molar-refractivity contribution >= 4 is 28.9 Å². The molecule has 2 aliphatic rings. The van der Waals surface area contributed by atoms with Gasteiger partial charge >= 0.3 is 0 Å². The lowest BCUT2D eigenvalue weighted by Crippen LogP contribution is -2.42. The van der Waals surface area contributed by atoms with Crippen LogP contribution in [0.5, 0.6) is 0 Å². The summed E-state index contributed by atoms with van der Waals surface area (Å²) in [4.78, 5) is 20.0. The third-order valence-electron chi connectivity index (χ3n) is 7.30. The van der Waals surface area contributed by atoms with Gasteiger partial charge in [-0.1, -0.05) is 54.1 Å². The normalized spacial score (nSPS) is 17.1. The van der Waals surface area contributed by atoms with Gasteiger partial charge in [0.1, 0.15) is 5.82 Å². The van der Waals surface area contributed by atoms with E-state index in [-0.39, 0.29) is 17.6 Å². The Morgan fingerprint density at radius 3 is 2.30 bits per heavy atom. The van der Waals surface area contributed by atoms with Crippen LogP contribution in [0.1, 0.15) is 24.0 Å². The van der Waals surface area contributed by atoms with E-state index in [9.17, 15) is 4.79 Å². The van der Waals surface area contributed by atoms with Crippen LogP contribution < -0.4 is 9.80 Å². The number of nitrogens with zero attached hydrogens (tertiary/aromatic N) is 3. The lowest BCUT2D eigenvalue weighted by molar-refractivity contribution is -0.124. The van der Waals surface area contributed by atoms with E-state index in [1.807, 2.05) is 53.4 Å². The van der Waals surface area contributed by atoms with Crippen molar-refractivity contribution in [3.05, 3.63) is 94.8 Å². The first-order chi connectivity index (χ1) is 18.1. The number of carbonyl (C=O) groups excluding carboxylic acids is 1. The maximum Gasteiger partial charge on any atom is 0.230 e. The van der Waals surface area contributed by atoms with Gasteiger partial charge in [-0.15, -0.1) is 0 Å². The Kier molecular flexibility index (Phi) is 8.39. The number of anilines is 2. The third kappa shape index (κ3) is 6.50. The predicted molar refractivity (Wildman–Crippen MR) is 147 cm³/mol. The van der Waals surface area contributed by atoms with Crippen LogP contribution in [0.25, 0.3) is 0 Å². The first kappa shape index (κ1) is 25.7. The summed E-state index contributed by atoms with van der Waals surface area (Å²) in [5.41, 5.74) is 3.41. The minimum Gasteiger partial charge on any atom is -0.378 e. The van der Waals surface area contributed by atoms with Crippen LogP contribution in [0.2, 0.25) is 5.02 Å². The van der Waals surface area contributed by atoms with Gasteiger partial charge in [-0.05, 0) is 67.4 Å². The van der Waals surface area contributed by atoms with Crippen LogP contribution >= 0.6 is 11.6 Å². The quantitative estimate of drug-likeness (QED) is 0.396. The lowest BCUT2D eigenvalue weighted by Gasteiger charge is -2.35. The molecule has 0 N–H and O–H groups in total. The maximum atomic E-state index is 15.3. The largest absolute Gasteiger partial charge is 0.378 e. The van der Waals surface area contributed by atoms with Gasteiger partial charge in [-0.2, -0.15) is 0 Å². The molecule has 0 radical (unpaired) electrons. The summed E-state index contributed by atoms with van der Waals surface area (Å²) >= 11 is 6.02. The maximum absolute atomic E-state index is 15.3. The van der Waals surface area contributed by atoms with Crippen molar-refractivity contribution in [2.45, 2.75) is 25.9 Å².